The number of amides is 1. The summed E-state index contributed by atoms with van der Waals surface area (Å²) in [4.78, 5) is 13.6. The Kier molecular flexibility index (Phi) is 2.79. The van der Waals surface area contributed by atoms with Crippen molar-refractivity contribution in [3.8, 4) is 11.5 Å². The van der Waals surface area contributed by atoms with Crippen LogP contribution in [0.1, 0.15) is 13.8 Å². The number of phenolic OH excluding ortho intramolecular Hbond substituents is 1. The minimum atomic E-state index is -0.538. The number of hydrogen-bond donors (Lipinski definition) is 1. The van der Waals surface area contributed by atoms with Gasteiger partial charge < -0.3 is 14.7 Å². The van der Waals surface area contributed by atoms with Crippen molar-refractivity contribution in [2.45, 2.75) is 20.0 Å². The number of rotatable bonds is 2. The van der Waals surface area contributed by atoms with Crippen molar-refractivity contribution < 1.29 is 14.6 Å². The van der Waals surface area contributed by atoms with E-state index in [1.165, 1.54) is 12.1 Å². The molecular formula is C13H15NO3. The van der Waals surface area contributed by atoms with Crippen LogP contribution in [0.2, 0.25) is 0 Å². The Morgan fingerprint density at radius 1 is 1.59 bits per heavy atom. The lowest BCUT2D eigenvalue weighted by Gasteiger charge is -2.33. The van der Waals surface area contributed by atoms with Crippen LogP contribution in [0.3, 0.4) is 0 Å². The van der Waals surface area contributed by atoms with Crippen LogP contribution >= 0.6 is 0 Å². The molecule has 1 unspecified atom stereocenters. The standard InChI is InChI=1S/C13H15NO3/c1-8(2)7-14-11-5-4-10(15)6-12(11)17-9(3)13(14)16/h4-6,9,15H,1,7H2,2-3H3. The van der Waals surface area contributed by atoms with Gasteiger partial charge in [0.25, 0.3) is 5.91 Å². The van der Waals surface area contributed by atoms with Gasteiger partial charge in [-0.15, -0.1) is 0 Å². The largest absolute Gasteiger partial charge is 0.508 e. The molecule has 1 amide bonds. The minimum Gasteiger partial charge on any atom is -0.508 e. The van der Waals surface area contributed by atoms with Gasteiger partial charge in [-0.2, -0.15) is 0 Å². The minimum absolute atomic E-state index is 0.0915. The third-order valence-corrected chi connectivity index (χ3v) is 2.58. The molecule has 1 aromatic rings. The van der Waals surface area contributed by atoms with E-state index in [0.29, 0.717) is 18.0 Å². The van der Waals surface area contributed by atoms with Gasteiger partial charge in [-0.3, -0.25) is 4.79 Å². The fraction of sp³-hybridized carbons (Fsp3) is 0.308. The van der Waals surface area contributed by atoms with E-state index in [2.05, 4.69) is 6.58 Å². The van der Waals surface area contributed by atoms with E-state index in [4.69, 9.17) is 4.74 Å². The number of fused-ring (bicyclic) bond motifs is 1. The average Bonchev–Trinajstić information content (AvgIpc) is 2.24. The lowest BCUT2D eigenvalue weighted by Crippen LogP contribution is -2.45. The fourth-order valence-corrected chi connectivity index (χ4v) is 1.83. The molecule has 2 rings (SSSR count). The molecule has 1 atom stereocenters. The van der Waals surface area contributed by atoms with Gasteiger partial charge in [0, 0.05) is 12.6 Å². The van der Waals surface area contributed by atoms with Crippen molar-refractivity contribution in [1.82, 2.24) is 0 Å². The molecule has 0 fully saturated rings. The number of carbonyl (C=O) groups is 1. The molecule has 1 aliphatic heterocycles. The number of hydrogen-bond acceptors (Lipinski definition) is 3. The van der Waals surface area contributed by atoms with Crippen molar-refractivity contribution >= 4 is 11.6 Å². The predicted molar refractivity (Wildman–Crippen MR) is 65.4 cm³/mol. The highest BCUT2D eigenvalue weighted by Gasteiger charge is 2.31. The molecule has 0 spiro atoms. The Balaban J connectivity index is 2.45. The smallest absolute Gasteiger partial charge is 0.268 e. The van der Waals surface area contributed by atoms with E-state index in [-0.39, 0.29) is 11.7 Å². The number of phenols is 1. The van der Waals surface area contributed by atoms with Gasteiger partial charge in [0.2, 0.25) is 0 Å². The maximum atomic E-state index is 12.0. The van der Waals surface area contributed by atoms with Crippen LogP contribution in [0, 0.1) is 0 Å². The quantitative estimate of drug-likeness (QED) is 0.796. The van der Waals surface area contributed by atoms with E-state index >= 15 is 0 Å². The van der Waals surface area contributed by atoms with E-state index in [1.807, 2.05) is 6.92 Å². The van der Waals surface area contributed by atoms with Crippen LogP contribution in [0.25, 0.3) is 0 Å². The molecule has 0 aromatic heterocycles. The van der Waals surface area contributed by atoms with Crippen molar-refractivity contribution in [2.24, 2.45) is 0 Å². The molecule has 17 heavy (non-hydrogen) atoms. The highest BCUT2D eigenvalue weighted by Crippen LogP contribution is 2.36. The SMILES string of the molecule is C=C(C)CN1C(=O)C(C)Oc2cc(O)ccc21. The monoisotopic (exact) mass is 233 g/mol. The van der Waals surface area contributed by atoms with Gasteiger partial charge in [0.05, 0.1) is 5.69 Å². The Bertz CT molecular complexity index is 482. The fourth-order valence-electron chi connectivity index (χ4n) is 1.83. The van der Waals surface area contributed by atoms with Crippen molar-refractivity contribution in [1.29, 1.82) is 0 Å². The van der Waals surface area contributed by atoms with E-state index < -0.39 is 6.10 Å². The van der Waals surface area contributed by atoms with Gasteiger partial charge >= 0.3 is 0 Å². The molecule has 0 aliphatic carbocycles. The summed E-state index contributed by atoms with van der Waals surface area (Å²) >= 11 is 0. The number of aromatic hydroxyl groups is 1. The van der Waals surface area contributed by atoms with Crippen LogP contribution in [-0.4, -0.2) is 23.7 Å². The van der Waals surface area contributed by atoms with Crippen LogP contribution in [0.15, 0.2) is 30.4 Å². The summed E-state index contributed by atoms with van der Waals surface area (Å²) in [5, 5.41) is 9.41. The Labute approximate surface area is 100 Å². The number of benzene rings is 1. The first-order valence-corrected chi connectivity index (χ1v) is 5.44. The zero-order valence-electron chi connectivity index (χ0n) is 9.93. The molecule has 1 N–H and O–H groups in total. The predicted octanol–water partition coefficient (Wildman–Crippen LogP) is 2.08. The Hall–Kier alpha value is -1.97. The molecule has 0 saturated carbocycles. The topological polar surface area (TPSA) is 49.8 Å². The first kappa shape index (κ1) is 11.5. The molecule has 1 aliphatic rings. The summed E-state index contributed by atoms with van der Waals surface area (Å²) in [5.41, 5.74) is 1.57. The molecule has 0 bridgehead atoms. The van der Waals surface area contributed by atoms with Gasteiger partial charge in [-0.05, 0) is 26.0 Å². The molecule has 1 aromatic carbocycles. The Morgan fingerprint density at radius 3 is 2.94 bits per heavy atom. The lowest BCUT2D eigenvalue weighted by atomic mass is 10.1. The average molecular weight is 233 g/mol. The second-order valence-electron chi connectivity index (χ2n) is 4.29. The number of carbonyl (C=O) groups excluding carboxylic acids is 1. The summed E-state index contributed by atoms with van der Waals surface area (Å²) in [6.07, 6.45) is -0.538. The molecular weight excluding hydrogens is 218 g/mol. The van der Waals surface area contributed by atoms with Crippen LogP contribution < -0.4 is 9.64 Å². The molecule has 1 heterocycles. The van der Waals surface area contributed by atoms with E-state index in [9.17, 15) is 9.90 Å². The highest BCUT2D eigenvalue weighted by atomic mass is 16.5. The first-order valence-electron chi connectivity index (χ1n) is 5.44. The van der Waals surface area contributed by atoms with Gasteiger partial charge in [-0.25, -0.2) is 0 Å². The third-order valence-electron chi connectivity index (χ3n) is 2.58. The molecule has 4 nitrogen and oxygen atoms in total. The van der Waals surface area contributed by atoms with Gasteiger partial charge in [0.1, 0.15) is 11.5 Å². The first-order chi connectivity index (χ1) is 7.99. The zero-order chi connectivity index (χ0) is 12.6. The van der Waals surface area contributed by atoms with Gasteiger partial charge in [0.15, 0.2) is 6.10 Å². The van der Waals surface area contributed by atoms with E-state index in [0.717, 1.165) is 5.57 Å². The lowest BCUT2D eigenvalue weighted by molar-refractivity contribution is -0.125. The maximum absolute atomic E-state index is 12.0. The summed E-state index contributed by atoms with van der Waals surface area (Å²) in [6, 6.07) is 4.73. The second kappa shape index (κ2) is 4.13. The van der Waals surface area contributed by atoms with Crippen LogP contribution in [0.4, 0.5) is 5.69 Å². The maximum Gasteiger partial charge on any atom is 0.268 e. The zero-order valence-corrected chi connectivity index (χ0v) is 9.93. The van der Waals surface area contributed by atoms with Crippen molar-refractivity contribution in [2.75, 3.05) is 11.4 Å². The summed E-state index contributed by atoms with van der Waals surface area (Å²) in [6.45, 7) is 7.84. The second-order valence-corrected chi connectivity index (χ2v) is 4.29. The number of ether oxygens (including phenoxy) is 1. The molecule has 0 saturated heterocycles. The third kappa shape index (κ3) is 2.11. The van der Waals surface area contributed by atoms with Gasteiger partial charge in [-0.1, -0.05) is 12.2 Å². The Morgan fingerprint density at radius 2 is 2.29 bits per heavy atom. The van der Waals surface area contributed by atoms with Crippen molar-refractivity contribution in [3.05, 3.63) is 30.4 Å². The summed E-state index contributed by atoms with van der Waals surface area (Å²) in [5.74, 6) is 0.560. The summed E-state index contributed by atoms with van der Waals surface area (Å²) < 4.78 is 5.46. The molecule has 90 valence electrons. The molecule has 4 heteroatoms. The van der Waals surface area contributed by atoms with Crippen LogP contribution in [0.5, 0.6) is 11.5 Å². The van der Waals surface area contributed by atoms with Crippen LogP contribution in [-0.2, 0) is 4.79 Å². The summed E-state index contributed by atoms with van der Waals surface area (Å²) in [7, 11) is 0. The number of nitrogens with zero attached hydrogens (tertiary/aromatic N) is 1. The van der Waals surface area contributed by atoms with Crippen molar-refractivity contribution in [3.63, 3.8) is 0 Å². The molecule has 0 radical (unpaired) electrons. The highest BCUT2D eigenvalue weighted by molar-refractivity contribution is 6.00. The number of anilines is 1. The van der Waals surface area contributed by atoms with E-state index in [1.54, 1.807) is 17.9 Å². The normalized spacial score (nSPS) is 18.6.